The number of guanidine groups is 1. The van der Waals surface area contributed by atoms with Gasteiger partial charge in [-0.25, -0.2) is 4.39 Å². The summed E-state index contributed by atoms with van der Waals surface area (Å²) in [4.78, 5) is 9.01. The van der Waals surface area contributed by atoms with Gasteiger partial charge in [0.2, 0.25) is 0 Å². The lowest BCUT2D eigenvalue weighted by atomic mass is 9.87. The van der Waals surface area contributed by atoms with E-state index >= 15 is 0 Å². The molecule has 136 valence electrons. The summed E-state index contributed by atoms with van der Waals surface area (Å²) in [5, 5.41) is 0. The van der Waals surface area contributed by atoms with Gasteiger partial charge in [0.05, 0.1) is 12.2 Å². The van der Waals surface area contributed by atoms with Crippen molar-refractivity contribution >= 4 is 11.6 Å². The van der Waals surface area contributed by atoms with Gasteiger partial charge in [0.15, 0.2) is 5.96 Å². The Labute approximate surface area is 148 Å². The number of aliphatic imine (C=N–C) groups is 1. The van der Waals surface area contributed by atoms with E-state index in [0.717, 1.165) is 44.8 Å². The van der Waals surface area contributed by atoms with Crippen molar-refractivity contribution in [1.29, 1.82) is 0 Å². The lowest BCUT2D eigenvalue weighted by Gasteiger charge is -2.36. The Kier molecular flexibility index (Phi) is 4.79. The highest BCUT2D eigenvalue weighted by Crippen LogP contribution is 2.40. The fraction of sp³-hybridized carbons (Fsp3) is 0.632. The van der Waals surface area contributed by atoms with E-state index in [0.29, 0.717) is 24.1 Å². The number of fused-ring (bicyclic) bond motifs is 2. The van der Waals surface area contributed by atoms with Crippen LogP contribution < -0.4 is 10.6 Å². The van der Waals surface area contributed by atoms with Crippen LogP contribution in [0.5, 0.6) is 0 Å². The van der Waals surface area contributed by atoms with Crippen LogP contribution in [0.1, 0.15) is 25.7 Å². The van der Waals surface area contributed by atoms with Crippen molar-refractivity contribution in [2.24, 2.45) is 16.6 Å². The number of halogens is 1. The maximum Gasteiger partial charge on any atom is 0.191 e. The topological polar surface area (TPSA) is 54.1 Å². The summed E-state index contributed by atoms with van der Waals surface area (Å²) in [6.07, 6.45) is 5.73. The molecule has 0 amide bonds. The molecule has 1 aromatic carbocycles. The van der Waals surface area contributed by atoms with Gasteiger partial charge in [-0.1, -0.05) is 0 Å². The van der Waals surface area contributed by atoms with E-state index in [1.807, 2.05) is 12.1 Å². The molecule has 3 aliphatic rings. The van der Waals surface area contributed by atoms with E-state index in [9.17, 15) is 4.39 Å². The maximum atomic E-state index is 13.0. The predicted octanol–water partition coefficient (Wildman–Crippen LogP) is 2.22. The first-order valence-electron chi connectivity index (χ1n) is 9.40. The van der Waals surface area contributed by atoms with Crippen LogP contribution in [0.4, 0.5) is 10.1 Å². The summed E-state index contributed by atoms with van der Waals surface area (Å²) in [7, 11) is 0. The minimum Gasteiger partial charge on any atom is -0.375 e. The molecular formula is C19H27FN4O. The van der Waals surface area contributed by atoms with Crippen LogP contribution >= 0.6 is 0 Å². The molecule has 6 heteroatoms. The summed E-state index contributed by atoms with van der Waals surface area (Å²) < 4.78 is 18.9. The Balaban J connectivity index is 1.23. The van der Waals surface area contributed by atoms with Crippen LogP contribution in [0.3, 0.4) is 0 Å². The standard InChI is InChI=1S/C19H27FN4O/c20-15-1-3-16(4-2-15)23-9-11-24(12-10-23)19(21)22-8-7-14-13-17-5-6-18(14)25-17/h1-4,14,17-18H,5-13H2,(H2,21,22). The highest BCUT2D eigenvalue weighted by atomic mass is 19.1. The van der Waals surface area contributed by atoms with Gasteiger partial charge in [0.1, 0.15) is 5.82 Å². The highest BCUT2D eigenvalue weighted by molar-refractivity contribution is 5.78. The van der Waals surface area contributed by atoms with E-state index < -0.39 is 0 Å². The third-order valence-corrected chi connectivity index (χ3v) is 5.80. The Morgan fingerprint density at radius 2 is 1.92 bits per heavy atom. The highest BCUT2D eigenvalue weighted by Gasteiger charge is 2.40. The second-order valence-electron chi connectivity index (χ2n) is 7.35. The zero-order chi connectivity index (χ0) is 17.2. The van der Waals surface area contributed by atoms with E-state index in [4.69, 9.17) is 10.5 Å². The minimum atomic E-state index is -0.195. The first-order valence-corrected chi connectivity index (χ1v) is 9.40. The predicted molar refractivity (Wildman–Crippen MR) is 97.3 cm³/mol. The zero-order valence-electron chi connectivity index (χ0n) is 14.6. The summed E-state index contributed by atoms with van der Waals surface area (Å²) in [6.45, 7) is 4.25. The number of nitrogens with two attached hydrogens (primary N) is 1. The van der Waals surface area contributed by atoms with Crippen molar-refractivity contribution in [2.45, 2.75) is 37.9 Å². The van der Waals surface area contributed by atoms with E-state index in [1.165, 1.54) is 31.4 Å². The number of hydrogen-bond acceptors (Lipinski definition) is 3. The number of nitrogens with zero attached hydrogens (tertiary/aromatic N) is 3. The molecule has 3 aliphatic heterocycles. The Morgan fingerprint density at radius 3 is 2.56 bits per heavy atom. The minimum absolute atomic E-state index is 0.195. The number of rotatable bonds is 4. The molecule has 3 atom stereocenters. The van der Waals surface area contributed by atoms with Gasteiger partial charge in [-0.05, 0) is 55.9 Å². The fourth-order valence-electron chi connectivity index (χ4n) is 4.34. The maximum absolute atomic E-state index is 13.0. The molecule has 25 heavy (non-hydrogen) atoms. The monoisotopic (exact) mass is 346 g/mol. The van der Waals surface area contributed by atoms with Crippen molar-refractivity contribution in [3.05, 3.63) is 30.1 Å². The number of ether oxygens (including phenoxy) is 1. The molecule has 3 heterocycles. The van der Waals surface area contributed by atoms with Gasteiger partial charge in [-0.2, -0.15) is 0 Å². The van der Waals surface area contributed by atoms with E-state index in [1.54, 1.807) is 0 Å². The third kappa shape index (κ3) is 3.73. The number of benzene rings is 1. The normalized spacial score (nSPS) is 29.5. The first kappa shape index (κ1) is 16.6. The molecule has 3 unspecified atom stereocenters. The van der Waals surface area contributed by atoms with Gasteiger partial charge in [-0.15, -0.1) is 0 Å². The van der Waals surface area contributed by atoms with Crippen LogP contribution in [0.15, 0.2) is 29.3 Å². The van der Waals surface area contributed by atoms with Crippen molar-refractivity contribution in [3.63, 3.8) is 0 Å². The van der Waals surface area contributed by atoms with Gasteiger partial charge in [0.25, 0.3) is 0 Å². The van der Waals surface area contributed by atoms with Gasteiger partial charge in [-0.3, -0.25) is 4.99 Å². The smallest absolute Gasteiger partial charge is 0.191 e. The number of piperazine rings is 1. The quantitative estimate of drug-likeness (QED) is 0.671. The Morgan fingerprint density at radius 1 is 1.16 bits per heavy atom. The third-order valence-electron chi connectivity index (χ3n) is 5.80. The fourth-order valence-corrected chi connectivity index (χ4v) is 4.34. The van der Waals surface area contributed by atoms with E-state index in [-0.39, 0.29) is 5.82 Å². The van der Waals surface area contributed by atoms with Gasteiger partial charge >= 0.3 is 0 Å². The lowest BCUT2D eigenvalue weighted by Crippen LogP contribution is -2.51. The molecule has 3 fully saturated rings. The summed E-state index contributed by atoms with van der Waals surface area (Å²) >= 11 is 0. The van der Waals surface area contributed by atoms with Crippen molar-refractivity contribution in [3.8, 4) is 0 Å². The molecule has 5 nitrogen and oxygen atoms in total. The van der Waals surface area contributed by atoms with Gasteiger partial charge in [0, 0.05) is 38.4 Å². The molecule has 0 saturated carbocycles. The average Bonchev–Trinajstić information content (AvgIpc) is 3.26. The SMILES string of the molecule is NC(=NCCC1CC2CCC1O2)N1CCN(c2ccc(F)cc2)CC1. The molecule has 2 N–H and O–H groups in total. The average molecular weight is 346 g/mol. The van der Waals surface area contributed by atoms with Crippen molar-refractivity contribution < 1.29 is 9.13 Å². The summed E-state index contributed by atoms with van der Waals surface area (Å²) in [6, 6.07) is 6.69. The second-order valence-corrected chi connectivity index (χ2v) is 7.35. The zero-order valence-corrected chi connectivity index (χ0v) is 14.6. The molecule has 0 aromatic heterocycles. The van der Waals surface area contributed by atoms with Crippen LogP contribution in [0, 0.1) is 11.7 Å². The first-order chi connectivity index (χ1) is 12.2. The Bertz CT molecular complexity index is 612. The molecule has 4 rings (SSSR count). The molecular weight excluding hydrogens is 319 g/mol. The van der Waals surface area contributed by atoms with Crippen molar-refractivity contribution in [1.82, 2.24) is 4.90 Å². The van der Waals surface area contributed by atoms with Crippen LogP contribution in [0.2, 0.25) is 0 Å². The number of anilines is 1. The van der Waals surface area contributed by atoms with Crippen LogP contribution in [-0.2, 0) is 4.74 Å². The van der Waals surface area contributed by atoms with Gasteiger partial charge < -0.3 is 20.3 Å². The Hall–Kier alpha value is -1.82. The van der Waals surface area contributed by atoms with Crippen molar-refractivity contribution in [2.75, 3.05) is 37.6 Å². The largest absolute Gasteiger partial charge is 0.375 e. The van der Waals surface area contributed by atoms with Crippen LogP contribution in [0.25, 0.3) is 0 Å². The second kappa shape index (κ2) is 7.20. The summed E-state index contributed by atoms with van der Waals surface area (Å²) in [5.74, 6) is 1.13. The molecule has 3 saturated heterocycles. The molecule has 0 radical (unpaired) electrons. The van der Waals surface area contributed by atoms with Crippen LogP contribution in [-0.4, -0.2) is 55.8 Å². The van der Waals surface area contributed by atoms with E-state index in [2.05, 4.69) is 14.8 Å². The molecule has 2 bridgehead atoms. The molecule has 0 spiro atoms. The molecule has 0 aliphatic carbocycles. The molecule has 1 aromatic rings. The lowest BCUT2D eigenvalue weighted by molar-refractivity contribution is 0.0916. The summed E-state index contributed by atoms with van der Waals surface area (Å²) in [5.41, 5.74) is 7.25. The number of hydrogen-bond donors (Lipinski definition) is 1.